The molecule has 1 saturated heterocycles. The molecule has 0 bridgehead atoms. The smallest absolute Gasteiger partial charge is 0.177 e. The maximum atomic E-state index is 12.4. The lowest BCUT2D eigenvalue weighted by Gasteiger charge is -2.31. The lowest BCUT2D eigenvalue weighted by molar-refractivity contribution is 0.0821. The third-order valence-electron chi connectivity index (χ3n) is 4.09. The number of ketones is 1. The van der Waals surface area contributed by atoms with E-state index in [4.69, 9.17) is 0 Å². The minimum atomic E-state index is 0.186. The van der Waals surface area contributed by atoms with Crippen molar-refractivity contribution in [3.63, 3.8) is 0 Å². The average Bonchev–Trinajstić information content (AvgIpc) is 3.20. The van der Waals surface area contributed by atoms with E-state index in [1.54, 1.807) is 11.3 Å². The molecule has 1 aliphatic rings. The van der Waals surface area contributed by atoms with Gasteiger partial charge >= 0.3 is 0 Å². The fourth-order valence-corrected chi connectivity index (χ4v) is 3.73. The molecule has 3 heterocycles. The number of rotatable bonds is 6. The molecule has 1 atom stereocenters. The van der Waals surface area contributed by atoms with Crippen molar-refractivity contribution in [2.24, 2.45) is 5.92 Å². The number of nitrogens with zero attached hydrogens (tertiary/aromatic N) is 3. The summed E-state index contributed by atoms with van der Waals surface area (Å²) in [6, 6.07) is 3.91. The van der Waals surface area contributed by atoms with Gasteiger partial charge in [0.15, 0.2) is 5.78 Å². The fourth-order valence-electron chi connectivity index (χ4n) is 2.99. The molecule has 0 saturated carbocycles. The lowest BCUT2D eigenvalue weighted by Crippen LogP contribution is -2.39. The van der Waals surface area contributed by atoms with Crippen molar-refractivity contribution in [1.82, 2.24) is 14.5 Å². The molecule has 3 rings (SSSR count). The van der Waals surface area contributed by atoms with E-state index in [1.165, 1.54) is 0 Å². The molecule has 1 aliphatic heterocycles. The predicted molar refractivity (Wildman–Crippen MR) is 84.7 cm³/mol. The van der Waals surface area contributed by atoms with Crippen molar-refractivity contribution in [2.45, 2.75) is 25.8 Å². The first-order valence-corrected chi connectivity index (χ1v) is 8.47. The van der Waals surface area contributed by atoms with Crippen molar-refractivity contribution in [3.8, 4) is 0 Å². The highest BCUT2D eigenvalue weighted by Crippen LogP contribution is 2.23. The molecule has 2 aromatic heterocycles. The first-order valence-electron chi connectivity index (χ1n) is 7.59. The van der Waals surface area contributed by atoms with Gasteiger partial charge in [0.1, 0.15) is 0 Å². The van der Waals surface area contributed by atoms with Crippen LogP contribution >= 0.6 is 11.3 Å². The molecule has 0 aromatic carbocycles. The zero-order chi connectivity index (χ0) is 14.5. The number of carbonyl (C=O) groups is 1. The number of Topliss-reactive ketones (excluding diaryl/α,β-unsaturated/α-hetero) is 1. The highest BCUT2D eigenvalue weighted by atomic mass is 32.1. The van der Waals surface area contributed by atoms with Gasteiger partial charge in [0.2, 0.25) is 0 Å². The summed E-state index contributed by atoms with van der Waals surface area (Å²) in [5.74, 6) is 0.523. The van der Waals surface area contributed by atoms with Crippen LogP contribution in [-0.4, -0.2) is 39.9 Å². The second-order valence-corrected chi connectivity index (χ2v) is 6.58. The summed E-state index contributed by atoms with van der Waals surface area (Å²) >= 11 is 1.56. The summed E-state index contributed by atoms with van der Waals surface area (Å²) in [5.41, 5.74) is 0. The number of aromatic nitrogens is 2. The summed E-state index contributed by atoms with van der Waals surface area (Å²) in [7, 11) is 0. The van der Waals surface area contributed by atoms with Gasteiger partial charge in [0.05, 0.1) is 11.2 Å². The zero-order valence-corrected chi connectivity index (χ0v) is 13.0. The van der Waals surface area contributed by atoms with Crippen molar-refractivity contribution in [1.29, 1.82) is 0 Å². The Morgan fingerprint density at radius 2 is 2.38 bits per heavy atom. The predicted octanol–water partition coefficient (Wildman–Crippen LogP) is 2.93. The molecule has 0 amide bonds. The van der Waals surface area contributed by atoms with Gasteiger partial charge < -0.3 is 9.47 Å². The number of carbonyl (C=O) groups excluding carboxylic acids is 1. The summed E-state index contributed by atoms with van der Waals surface area (Å²) in [4.78, 5) is 19.9. The second kappa shape index (κ2) is 7.00. The lowest BCUT2D eigenvalue weighted by atomic mass is 9.93. The number of piperidine rings is 1. The molecule has 2 aromatic rings. The standard InChI is InChI=1S/C16H21N3OS/c20-16(15-5-2-11-21-15)14-4-1-7-18(12-14)8-3-9-19-10-6-17-13-19/h2,5-6,10-11,13-14H,1,3-4,7-9,12H2. The number of aryl methyl sites for hydroxylation is 1. The van der Waals surface area contributed by atoms with Crippen LogP contribution in [0.25, 0.3) is 0 Å². The molecule has 0 radical (unpaired) electrons. The molecule has 1 unspecified atom stereocenters. The Hall–Kier alpha value is -1.46. The van der Waals surface area contributed by atoms with E-state index in [2.05, 4.69) is 14.5 Å². The molecule has 0 spiro atoms. The topological polar surface area (TPSA) is 38.1 Å². The first kappa shape index (κ1) is 14.5. The van der Waals surface area contributed by atoms with Crippen LogP contribution in [0.3, 0.4) is 0 Å². The van der Waals surface area contributed by atoms with Crippen LogP contribution in [0, 0.1) is 5.92 Å². The van der Waals surface area contributed by atoms with E-state index in [0.717, 1.165) is 50.3 Å². The van der Waals surface area contributed by atoms with Gasteiger partial charge in [-0.1, -0.05) is 6.07 Å². The monoisotopic (exact) mass is 303 g/mol. The van der Waals surface area contributed by atoms with Gasteiger partial charge in [-0.05, 0) is 43.8 Å². The molecule has 0 N–H and O–H groups in total. The van der Waals surface area contributed by atoms with Crippen LogP contribution in [0.4, 0.5) is 0 Å². The third-order valence-corrected chi connectivity index (χ3v) is 4.97. The summed E-state index contributed by atoms with van der Waals surface area (Å²) in [5, 5.41) is 1.99. The summed E-state index contributed by atoms with van der Waals surface area (Å²) in [6.07, 6.45) is 8.95. The molecular formula is C16H21N3OS. The maximum Gasteiger partial charge on any atom is 0.177 e. The van der Waals surface area contributed by atoms with Crippen LogP contribution in [0.15, 0.2) is 36.2 Å². The molecule has 5 heteroatoms. The highest BCUT2D eigenvalue weighted by molar-refractivity contribution is 7.12. The molecule has 4 nitrogen and oxygen atoms in total. The maximum absolute atomic E-state index is 12.4. The Morgan fingerprint density at radius 3 is 3.14 bits per heavy atom. The minimum absolute atomic E-state index is 0.186. The quantitative estimate of drug-likeness (QED) is 0.770. The van der Waals surface area contributed by atoms with Gasteiger partial charge in [-0.25, -0.2) is 4.98 Å². The van der Waals surface area contributed by atoms with E-state index in [0.29, 0.717) is 5.78 Å². The van der Waals surface area contributed by atoms with E-state index < -0.39 is 0 Å². The molecule has 21 heavy (non-hydrogen) atoms. The van der Waals surface area contributed by atoms with Crippen LogP contribution in [0.5, 0.6) is 0 Å². The van der Waals surface area contributed by atoms with Crippen molar-refractivity contribution < 1.29 is 4.79 Å². The number of hydrogen-bond acceptors (Lipinski definition) is 4. The van der Waals surface area contributed by atoms with Gasteiger partial charge in [-0.2, -0.15) is 0 Å². The van der Waals surface area contributed by atoms with Gasteiger partial charge in [0.25, 0.3) is 0 Å². The Kier molecular flexibility index (Phi) is 4.83. The highest BCUT2D eigenvalue weighted by Gasteiger charge is 2.26. The van der Waals surface area contributed by atoms with Crippen LogP contribution in [0.2, 0.25) is 0 Å². The van der Waals surface area contributed by atoms with Gasteiger partial charge in [-0.15, -0.1) is 11.3 Å². The molecule has 1 fully saturated rings. The average molecular weight is 303 g/mol. The SMILES string of the molecule is O=C(c1cccs1)C1CCCN(CCCn2ccnc2)C1. The molecular weight excluding hydrogens is 282 g/mol. The Balaban J connectivity index is 1.48. The van der Waals surface area contributed by atoms with Gasteiger partial charge in [0, 0.05) is 31.4 Å². The van der Waals surface area contributed by atoms with E-state index in [9.17, 15) is 4.79 Å². The van der Waals surface area contributed by atoms with E-state index >= 15 is 0 Å². The van der Waals surface area contributed by atoms with Crippen LogP contribution in [-0.2, 0) is 6.54 Å². The second-order valence-electron chi connectivity index (χ2n) is 5.64. The molecule has 0 aliphatic carbocycles. The zero-order valence-electron chi connectivity index (χ0n) is 12.1. The Labute approximate surface area is 129 Å². The first-order chi connectivity index (χ1) is 10.3. The number of hydrogen-bond donors (Lipinski definition) is 0. The van der Waals surface area contributed by atoms with E-state index in [-0.39, 0.29) is 5.92 Å². The van der Waals surface area contributed by atoms with Crippen molar-refractivity contribution in [2.75, 3.05) is 19.6 Å². The third kappa shape index (κ3) is 3.80. The van der Waals surface area contributed by atoms with Crippen LogP contribution < -0.4 is 0 Å². The molecule has 112 valence electrons. The number of thiophene rings is 1. The number of imidazole rings is 1. The Morgan fingerprint density at radius 1 is 1.43 bits per heavy atom. The number of likely N-dealkylation sites (tertiary alicyclic amines) is 1. The van der Waals surface area contributed by atoms with Crippen LogP contribution in [0.1, 0.15) is 28.9 Å². The Bertz CT molecular complexity index is 550. The normalized spacial score (nSPS) is 19.7. The van der Waals surface area contributed by atoms with Crippen molar-refractivity contribution >= 4 is 17.1 Å². The van der Waals surface area contributed by atoms with Gasteiger partial charge in [-0.3, -0.25) is 4.79 Å². The van der Waals surface area contributed by atoms with Crippen molar-refractivity contribution in [3.05, 3.63) is 41.1 Å². The minimum Gasteiger partial charge on any atom is -0.337 e. The summed E-state index contributed by atoms with van der Waals surface area (Å²) in [6.45, 7) is 4.10. The summed E-state index contributed by atoms with van der Waals surface area (Å²) < 4.78 is 2.11. The van der Waals surface area contributed by atoms with E-state index in [1.807, 2.05) is 36.2 Å². The fraction of sp³-hybridized carbons (Fsp3) is 0.500. The largest absolute Gasteiger partial charge is 0.337 e.